The highest BCUT2D eigenvalue weighted by Gasteiger charge is 2.28. The largest absolute Gasteiger partial charge is 0.497 e. The van der Waals surface area contributed by atoms with Gasteiger partial charge < -0.3 is 24.8 Å². The molecule has 1 amide bonds. The van der Waals surface area contributed by atoms with Gasteiger partial charge >= 0.3 is 6.01 Å². The molecule has 2 N–H and O–H groups in total. The fourth-order valence-electron chi connectivity index (χ4n) is 3.81. The number of piperidine rings is 1. The Morgan fingerprint density at radius 3 is 2.69 bits per heavy atom. The van der Waals surface area contributed by atoms with Gasteiger partial charge in [-0.3, -0.25) is 4.79 Å². The van der Waals surface area contributed by atoms with Crippen molar-refractivity contribution in [1.82, 2.24) is 20.8 Å². The van der Waals surface area contributed by atoms with E-state index in [0.717, 1.165) is 63.3 Å². The van der Waals surface area contributed by atoms with E-state index in [1.807, 2.05) is 24.3 Å². The number of methoxy groups -OCH3 is 1. The number of anilines is 1. The summed E-state index contributed by atoms with van der Waals surface area (Å²) in [6, 6.07) is 8.07. The monoisotopic (exact) mass is 421 g/mol. The van der Waals surface area contributed by atoms with Gasteiger partial charge in [0.2, 0.25) is 11.7 Å². The van der Waals surface area contributed by atoms with Crippen molar-refractivity contribution in [3.63, 3.8) is 0 Å². The number of hydrogen-bond donors (Lipinski definition) is 2. The number of rotatable bonds is 6. The molecule has 1 aromatic carbocycles. The number of carbonyl (C=O) groups is 1. The predicted octanol–water partition coefficient (Wildman–Crippen LogP) is 2.11. The summed E-state index contributed by atoms with van der Waals surface area (Å²) in [4.78, 5) is 19.0. The average molecular weight is 422 g/mol. The van der Waals surface area contributed by atoms with Gasteiger partial charge in [0.1, 0.15) is 5.75 Å². The molecule has 2 aromatic rings. The first-order valence-electron chi connectivity index (χ1n) is 9.94. The van der Waals surface area contributed by atoms with E-state index in [2.05, 4.69) is 25.7 Å². The van der Waals surface area contributed by atoms with E-state index in [9.17, 15) is 4.79 Å². The van der Waals surface area contributed by atoms with Gasteiger partial charge in [-0.05, 0) is 62.5 Å². The van der Waals surface area contributed by atoms with Gasteiger partial charge in [0.15, 0.2) is 0 Å². The van der Waals surface area contributed by atoms with Crippen LogP contribution in [0, 0.1) is 11.8 Å². The molecule has 0 radical (unpaired) electrons. The van der Waals surface area contributed by atoms with Gasteiger partial charge in [0.25, 0.3) is 0 Å². The van der Waals surface area contributed by atoms with E-state index in [0.29, 0.717) is 17.8 Å². The SMILES string of the molecule is COc1ccc(-c2noc(N3CCC(C(=O)NCC4CCNC4)CC3)n2)cc1.Cl. The Bertz CT molecular complexity index is 784. The fourth-order valence-corrected chi connectivity index (χ4v) is 3.81. The second-order valence-corrected chi connectivity index (χ2v) is 7.49. The van der Waals surface area contributed by atoms with E-state index >= 15 is 0 Å². The quantitative estimate of drug-likeness (QED) is 0.737. The van der Waals surface area contributed by atoms with Crippen molar-refractivity contribution in [2.24, 2.45) is 11.8 Å². The van der Waals surface area contributed by atoms with Crippen LogP contribution in [0.25, 0.3) is 11.4 Å². The Morgan fingerprint density at radius 1 is 1.28 bits per heavy atom. The van der Waals surface area contributed by atoms with Gasteiger partial charge in [0.05, 0.1) is 7.11 Å². The lowest BCUT2D eigenvalue weighted by Gasteiger charge is -2.29. The molecule has 29 heavy (non-hydrogen) atoms. The average Bonchev–Trinajstić information content (AvgIpc) is 3.44. The van der Waals surface area contributed by atoms with Gasteiger partial charge in [-0.2, -0.15) is 4.98 Å². The number of nitrogens with zero attached hydrogens (tertiary/aromatic N) is 3. The topological polar surface area (TPSA) is 92.5 Å². The number of amides is 1. The van der Waals surface area contributed by atoms with E-state index in [1.165, 1.54) is 0 Å². The zero-order valence-electron chi connectivity index (χ0n) is 16.6. The maximum Gasteiger partial charge on any atom is 0.324 e. The molecule has 1 atom stereocenters. The molecule has 2 aliphatic heterocycles. The number of ether oxygens (including phenoxy) is 1. The predicted molar refractivity (Wildman–Crippen MR) is 112 cm³/mol. The van der Waals surface area contributed by atoms with E-state index in [1.54, 1.807) is 7.11 Å². The van der Waals surface area contributed by atoms with Crippen LogP contribution in [-0.2, 0) is 4.79 Å². The van der Waals surface area contributed by atoms with E-state index in [-0.39, 0.29) is 24.2 Å². The summed E-state index contributed by atoms with van der Waals surface area (Å²) in [5.41, 5.74) is 0.881. The van der Waals surface area contributed by atoms with Crippen molar-refractivity contribution < 1.29 is 14.1 Å². The van der Waals surface area contributed by atoms with Crippen molar-refractivity contribution in [2.45, 2.75) is 19.3 Å². The summed E-state index contributed by atoms with van der Waals surface area (Å²) in [5.74, 6) is 2.16. The first-order chi connectivity index (χ1) is 13.7. The molecule has 0 saturated carbocycles. The number of carbonyl (C=O) groups excluding carboxylic acids is 1. The lowest BCUT2D eigenvalue weighted by Crippen LogP contribution is -2.42. The third-order valence-electron chi connectivity index (χ3n) is 5.63. The van der Waals surface area contributed by atoms with Crippen molar-refractivity contribution in [3.05, 3.63) is 24.3 Å². The van der Waals surface area contributed by atoms with E-state index < -0.39 is 0 Å². The highest BCUT2D eigenvalue weighted by atomic mass is 35.5. The molecule has 0 aliphatic carbocycles. The highest BCUT2D eigenvalue weighted by Crippen LogP contribution is 2.26. The molecular weight excluding hydrogens is 394 g/mol. The molecule has 0 bridgehead atoms. The summed E-state index contributed by atoms with van der Waals surface area (Å²) >= 11 is 0. The Hall–Kier alpha value is -2.32. The smallest absolute Gasteiger partial charge is 0.324 e. The van der Waals surface area contributed by atoms with E-state index in [4.69, 9.17) is 9.26 Å². The number of hydrogen-bond acceptors (Lipinski definition) is 7. The first kappa shape index (κ1) is 21.4. The molecule has 8 nitrogen and oxygen atoms in total. The maximum atomic E-state index is 12.4. The summed E-state index contributed by atoms with van der Waals surface area (Å²) in [7, 11) is 1.64. The third kappa shape index (κ3) is 5.19. The lowest BCUT2D eigenvalue weighted by molar-refractivity contribution is -0.125. The molecular formula is C20H28ClN5O3. The molecule has 2 saturated heterocycles. The maximum absolute atomic E-state index is 12.4. The Labute approximate surface area is 176 Å². The van der Waals surface area contributed by atoms with Gasteiger partial charge in [-0.1, -0.05) is 5.16 Å². The zero-order chi connectivity index (χ0) is 19.3. The molecule has 158 valence electrons. The molecule has 2 aliphatic rings. The van der Waals surface area contributed by atoms with Crippen molar-refractivity contribution in [2.75, 3.05) is 44.7 Å². The van der Waals surface area contributed by atoms with Crippen molar-refractivity contribution in [3.8, 4) is 17.1 Å². The molecule has 3 heterocycles. The minimum atomic E-state index is 0. The molecule has 1 aromatic heterocycles. The summed E-state index contributed by atoms with van der Waals surface area (Å²) in [6.07, 6.45) is 2.75. The molecule has 9 heteroatoms. The van der Waals surface area contributed by atoms with Crippen LogP contribution in [0.2, 0.25) is 0 Å². The number of benzene rings is 1. The molecule has 4 rings (SSSR count). The highest BCUT2D eigenvalue weighted by molar-refractivity contribution is 5.85. The summed E-state index contributed by atoms with van der Waals surface area (Å²) in [5, 5.41) is 10.5. The van der Waals surface area contributed by atoms with Gasteiger partial charge in [-0.25, -0.2) is 0 Å². The van der Waals surface area contributed by atoms with Crippen molar-refractivity contribution >= 4 is 24.3 Å². The number of halogens is 1. The van der Waals surface area contributed by atoms with Gasteiger partial charge in [-0.15, -0.1) is 12.4 Å². The molecule has 1 unspecified atom stereocenters. The Balaban J connectivity index is 0.00000240. The molecule has 2 fully saturated rings. The Kier molecular flexibility index (Phi) is 7.33. The number of aromatic nitrogens is 2. The van der Waals surface area contributed by atoms with Crippen LogP contribution in [0.3, 0.4) is 0 Å². The summed E-state index contributed by atoms with van der Waals surface area (Å²) in [6.45, 7) is 4.33. The zero-order valence-corrected chi connectivity index (χ0v) is 17.4. The summed E-state index contributed by atoms with van der Waals surface area (Å²) < 4.78 is 10.6. The third-order valence-corrected chi connectivity index (χ3v) is 5.63. The van der Waals surface area contributed by atoms with Crippen LogP contribution in [0.1, 0.15) is 19.3 Å². The fraction of sp³-hybridized carbons (Fsp3) is 0.550. The number of nitrogens with one attached hydrogen (secondary N) is 2. The van der Waals surface area contributed by atoms with Crippen LogP contribution in [0.15, 0.2) is 28.8 Å². The first-order valence-corrected chi connectivity index (χ1v) is 9.94. The second-order valence-electron chi connectivity index (χ2n) is 7.49. The molecule has 0 spiro atoms. The Morgan fingerprint density at radius 2 is 2.03 bits per heavy atom. The van der Waals surface area contributed by atoms with Crippen LogP contribution in [0.5, 0.6) is 5.75 Å². The van der Waals surface area contributed by atoms with Crippen LogP contribution in [0.4, 0.5) is 6.01 Å². The van der Waals surface area contributed by atoms with Crippen molar-refractivity contribution in [1.29, 1.82) is 0 Å². The van der Waals surface area contributed by atoms with Crippen LogP contribution >= 0.6 is 12.4 Å². The lowest BCUT2D eigenvalue weighted by atomic mass is 9.96. The minimum Gasteiger partial charge on any atom is -0.497 e. The standard InChI is InChI=1S/C20H27N5O3.ClH/c1-27-17-4-2-15(3-5-17)18-23-20(28-24-18)25-10-7-16(8-11-25)19(26)22-13-14-6-9-21-12-14;/h2-5,14,16,21H,6-13H2,1H3,(H,22,26);1H. The normalized spacial score (nSPS) is 19.6. The second kappa shape index (κ2) is 9.93. The minimum absolute atomic E-state index is 0. The van der Waals surface area contributed by atoms with Gasteiger partial charge in [0, 0.05) is 31.1 Å². The van der Waals surface area contributed by atoms with Crippen LogP contribution < -0.4 is 20.3 Å². The van der Waals surface area contributed by atoms with Crippen LogP contribution in [-0.4, -0.2) is 55.9 Å².